The summed E-state index contributed by atoms with van der Waals surface area (Å²) >= 11 is 0. The Morgan fingerprint density at radius 2 is 1.86 bits per heavy atom. The third kappa shape index (κ3) is 1.85. The van der Waals surface area contributed by atoms with E-state index in [0.717, 1.165) is 12.8 Å². The fourth-order valence-electron chi connectivity index (χ4n) is 6.54. The zero-order valence-electron chi connectivity index (χ0n) is 14.4. The quantitative estimate of drug-likeness (QED) is 0.727. The van der Waals surface area contributed by atoms with Gasteiger partial charge >= 0.3 is 5.97 Å². The second-order valence-electron chi connectivity index (χ2n) is 8.59. The van der Waals surface area contributed by atoms with Crippen molar-refractivity contribution in [2.24, 2.45) is 28.6 Å². The van der Waals surface area contributed by atoms with Crippen molar-refractivity contribution in [3.05, 3.63) is 0 Å². The van der Waals surface area contributed by atoms with Gasteiger partial charge in [-0.05, 0) is 55.3 Å². The Morgan fingerprint density at radius 1 is 1.19 bits per heavy atom. The van der Waals surface area contributed by atoms with Gasteiger partial charge < -0.3 is 9.47 Å². The van der Waals surface area contributed by atoms with Crippen molar-refractivity contribution in [2.75, 3.05) is 7.11 Å². The van der Waals surface area contributed by atoms with E-state index in [1.165, 1.54) is 12.8 Å². The predicted molar refractivity (Wildman–Crippen MR) is 81.8 cm³/mol. The largest absolute Gasteiger partial charge is 0.462 e. The molecule has 3 nitrogen and oxygen atoms in total. The molecule has 3 aliphatic rings. The topological polar surface area (TPSA) is 35.5 Å². The number of fused-ring (bicyclic) bond motifs is 1. The number of hydrogen-bond donors (Lipinski definition) is 0. The van der Waals surface area contributed by atoms with Crippen LogP contribution >= 0.6 is 0 Å². The van der Waals surface area contributed by atoms with Gasteiger partial charge in [0.2, 0.25) is 0 Å². The average Bonchev–Trinajstić information content (AvgIpc) is 2.76. The van der Waals surface area contributed by atoms with Gasteiger partial charge in [-0.25, -0.2) is 0 Å². The highest BCUT2D eigenvalue weighted by atomic mass is 16.5. The predicted octanol–water partition coefficient (Wildman–Crippen LogP) is 3.81. The molecule has 0 radical (unpaired) electrons. The lowest BCUT2D eigenvalue weighted by atomic mass is 9.64. The molecule has 21 heavy (non-hydrogen) atoms. The summed E-state index contributed by atoms with van der Waals surface area (Å²) in [5.74, 6) is 1.54. The monoisotopic (exact) mass is 294 g/mol. The van der Waals surface area contributed by atoms with Gasteiger partial charge in [0.05, 0.1) is 5.60 Å². The third-order valence-electron chi connectivity index (χ3n) is 7.45. The van der Waals surface area contributed by atoms with E-state index in [9.17, 15) is 4.79 Å². The first-order chi connectivity index (χ1) is 9.67. The van der Waals surface area contributed by atoms with Crippen molar-refractivity contribution in [3.63, 3.8) is 0 Å². The molecule has 3 heteroatoms. The van der Waals surface area contributed by atoms with E-state index in [1.54, 1.807) is 6.92 Å². The zero-order chi connectivity index (χ0) is 15.6. The van der Waals surface area contributed by atoms with Gasteiger partial charge in [0.1, 0.15) is 6.10 Å². The number of methoxy groups -OCH3 is 1. The second-order valence-corrected chi connectivity index (χ2v) is 8.59. The van der Waals surface area contributed by atoms with Gasteiger partial charge in [0, 0.05) is 20.0 Å². The first kappa shape index (κ1) is 15.3. The van der Waals surface area contributed by atoms with Gasteiger partial charge in [-0.15, -0.1) is 0 Å². The van der Waals surface area contributed by atoms with E-state index in [2.05, 4.69) is 27.7 Å². The molecule has 1 spiro atoms. The molecule has 0 aromatic carbocycles. The number of ether oxygens (including phenoxy) is 2. The smallest absolute Gasteiger partial charge is 0.302 e. The Hall–Kier alpha value is -0.570. The van der Waals surface area contributed by atoms with E-state index in [1.807, 2.05) is 7.11 Å². The van der Waals surface area contributed by atoms with Crippen molar-refractivity contribution in [1.82, 2.24) is 0 Å². The molecule has 0 amide bonds. The molecular weight excluding hydrogens is 264 g/mol. The molecule has 6 atom stereocenters. The Bertz CT molecular complexity index is 457. The average molecular weight is 294 g/mol. The van der Waals surface area contributed by atoms with Gasteiger partial charge in [0.15, 0.2) is 0 Å². The highest BCUT2D eigenvalue weighted by molar-refractivity contribution is 5.66. The molecule has 0 N–H and O–H groups in total. The van der Waals surface area contributed by atoms with Crippen molar-refractivity contribution in [1.29, 1.82) is 0 Å². The van der Waals surface area contributed by atoms with Crippen LogP contribution in [0.5, 0.6) is 0 Å². The van der Waals surface area contributed by atoms with Gasteiger partial charge in [0.25, 0.3) is 0 Å². The molecule has 0 aliphatic heterocycles. The summed E-state index contributed by atoms with van der Waals surface area (Å²) in [6.07, 6.45) is 4.70. The van der Waals surface area contributed by atoms with Gasteiger partial charge in [-0.1, -0.05) is 20.8 Å². The molecular formula is C18H30O3. The minimum atomic E-state index is -0.129. The van der Waals surface area contributed by atoms with Crippen LogP contribution in [0, 0.1) is 28.6 Å². The molecule has 120 valence electrons. The molecule has 3 unspecified atom stereocenters. The van der Waals surface area contributed by atoms with Crippen LogP contribution in [-0.2, 0) is 14.3 Å². The molecule has 0 aromatic rings. The van der Waals surface area contributed by atoms with Crippen molar-refractivity contribution < 1.29 is 14.3 Å². The van der Waals surface area contributed by atoms with E-state index in [0.29, 0.717) is 23.2 Å². The zero-order valence-corrected chi connectivity index (χ0v) is 14.4. The van der Waals surface area contributed by atoms with Crippen LogP contribution in [0.4, 0.5) is 0 Å². The maximum absolute atomic E-state index is 11.5. The molecule has 3 aliphatic carbocycles. The summed E-state index contributed by atoms with van der Waals surface area (Å²) < 4.78 is 11.7. The lowest BCUT2D eigenvalue weighted by Gasteiger charge is -2.46. The van der Waals surface area contributed by atoms with E-state index >= 15 is 0 Å². The maximum atomic E-state index is 11.5. The molecule has 2 bridgehead atoms. The normalized spacial score (nSPS) is 50.8. The van der Waals surface area contributed by atoms with Crippen LogP contribution in [0.1, 0.15) is 60.3 Å². The summed E-state index contributed by atoms with van der Waals surface area (Å²) in [5, 5.41) is 0. The van der Waals surface area contributed by atoms with Crippen molar-refractivity contribution in [3.8, 4) is 0 Å². The fraction of sp³-hybridized carbons (Fsp3) is 0.944. The summed E-state index contributed by atoms with van der Waals surface area (Å²) in [6.45, 7) is 10.9. The molecule has 0 saturated heterocycles. The summed E-state index contributed by atoms with van der Waals surface area (Å²) in [7, 11) is 1.86. The number of carbonyl (C=O) groups excluding carboxylic acids is 1. The molecule has 3 fully saturated rings. The lowest BCUT2D eigenvalue weighted by Crippen LogP contribution is -2.46. The van der Waals surface area contributed by atoms with Crippen LogP contribution in [-0.4, -0.2) is 24.8 Å². The molecule has 0 heterocycles. The van der Waals surface area contributed by atoms with Crippen LogP contribution < -0.4 is 0 Å². The van der Waals surface area contributed by atoms with Crippen molar-refractivity contribution in [2.45, 2.75) is 72.0 Å². The number of carbonyl (C=O) groups is 1. The number of esters is 1. The van der Waals surface area contributed by atoms with Gasteiger partial charge in [-0.3, -0.25) is 4.79 Å². The minimum Gasteiger partial charge on any atom is -0.462 e. The Kier molecular flexibility index (Phi) is 3.26. The Balaban J connectivity index is 2.02. The minimum absolute atomic E-state index is 0.0282. The summed E-state index contributed by atoms with van der Waals surface area (Å²) in [6, 6.07) is 0. The highest BCUT2D eigenvalue weighted by Crippen LogP contribution is 2.73. The van der Waals surface area contributed by atoms with Gasteiger partial charge in [-0.2, -0.15) is 0 Å². The number of rotatable bonds is 2. The first-order valence-corrected chi connectivity index (χ1v) is 8.40. The first-order valence-electron chi connectivity index (χ1n) is 8.40. The third-order valence-corrected chi connectivity index (χ3v) is 7.45. The molecule has 3 saturated carbocycles. The van der Waals surface area contributed by atoms with E-state index in [4.69, 9.17) is 9.47 Å². The van der Waals surface area contributed by atoms with Crippen LogP contribution in [0.3, 0.4) is 0 Å². The standard InChI is InChI=1S/C18H30O3/c1-11-9-13(21-12(2)19)15-16(3,4)14-10-18(11,15)8-7-17(14,5)20-6/h11,13-15H,7-10H2,1-6H3/t11-,13?,14+,15?,17-,18?/m1/s1. The maximum Gasteiger partial charge on any atom is 0.302 e. The molecule has 0 aromatic heterocycles. The van der Waals surface area contributed by atoms with Crippen molar-refractivity contribution >= 4 is 5.97 Å². The van der Waals surface area contributed by atoms with E-state index < -0.39 is 0 Å². The van der Waals surface area contributed by atoms with Crippen LogP contribution in [0.25, 0.3) is 0 Å². The van der Waals surface area contributed by atoms with E-state index in [-0.39, 0.29) is 23.1 Å². The number of hydrogen-bond acceptors (Lipinski definition) is 3. The Labute approximate surface area is 128 Å². The summed E-state index contributed by atoms with van der Waals surface area (Å²) in [5.41, 5.74) is 0.484. The highest BCUT2D eigenvalue weighted by Gasteiger charge is 2.71. The van der Waals surface area contributed by atoms with Crippen LogP contribution in [0.2, 0.25) is 0 Å². The van der Waals surface area contributed by atoms with Crippen LogP contribution in [0.15, 0.2) is 0 Å². The Morgan fingerprint density at radius 3 is 2.43 bits per heavy atom. The second kappa shape index (κ2) is 4.47. The summed E-state index contributed by atoms with van der Waals surface area (Å²) in [4.78, 5) is 11.5. The fourth-order valence-corrected chi connectivity index (χ4v) is 6.54. The molecule has 3 rings (SSSR count). The lowest BCUT2D eigenvalue weighted by molar-refractivity contribution is -0.151. The SMILES string of the molecule is CO[C@]1(C)CCC23C[C@H]1C(C)(C)C2C(OC(C)=O)C[C@H]3C.